The van der Waals surface area contributed by atoms with Gasteiger partial charge in [-0.25, -0.2) is 0 Å². The molecule has 2 amide bonds. The van der Waals surface area contributed by atoms with Gasteiger partial charge in [0.1, 0.15) is 0 Å². The van der Waals surface area contributed by atoms with Crippen LogP contribution in [0.25, 0.3) is 0 Å². The molecule has 0 saturated heterocycles. The average molecular weight is 401 g/mol. The summed E-state index contributed by atoms with van der Waals surface area (Å²) in [6.45, 7) is 10.3. The summed E-state index contributed by atoms with van der Waals surface area (Å²) in [4.78, 5) is 25.3. The predicted octanol–water partition coefficient (Wildman–Crippen LogP) is 6.11. The standard InChI is InChI=1S/C26H28N2O2/c1-17-9-10-18(2)23(15-17)25(30)28-22-8-6-7-21(16-22)27-24(29)19-11-13-20(14-12-19)26(3,4)5/h6-16H,1-5H3,(H,27,29)(H,28,30). The number of benzene rings is 3. The highest BCUT2D eigenvalue weighted by Gasteiger charge is 2.15. The number of carbonyl (C=O) groups excluding carboxylic acids is 2. The van der Waals surface area contributed by atoms with Crippen molar-refractivity contribution < 1.29 is 9.59 Å². The zero-order chi connectivity index (χ0) is 21.9. The Labute approximate surface area is 178 Å². The Morgan fingerprint density at radius 2 is 1.33 bits per heavy atom. The van der Waals surface area contributed by atoms with Gasteiger partial charge in [-0.3, -0.25) is 9.59 Å². The molecule has 0 bridgehead atoms. The van der Waals surface area contributed by atoms with Gasteiger partial charge in [0.25, 0.3) is 11.8 Å². The Balaban J connectivity index is 1.71. The predicted molar refractivity (Wildman–Crippen MR) is 123 cm³/mol. The van der Waals surface area contributed by atoms with Crippen LogP contribution in [0.2, 0.25) is 0 Å². The molecule has 0 aliphatic rings. The SMILES string of the molecule is Cc1ccc(C)c(C(=O)Nc2cccc(NC(=O)c3ccc(C(C)(C)C)cc3)c2)c1. The van der Waals surface area contributed by atoms with Crippen LogP contribution in [0.1, 0.15) is 58.2 Å². The van der Waals surface area contributed by atoms with Gasteiger partial charge in [-0.1, -0.05) is 56.7 Å². The maximum Gasteiger partial charge on any atom is 0.255 e. The van der Waals surface area contributed by atoms with E-state index in [1.165, 1.54) is 5.56 Å². The zero-order valence-corrected chi connectivity index (χ0v) is 18.2. The number of aryl methyl sites for hydroxylation is 2. The lowest BCUT2D eigenvalue weighted by atomic mass is 9.87. The van der Waals surface area contributed by atoms with E-state index >= 15 is 0 Å². The Bertz CT molecular complexity index is 1080. The fourth-order valence-corrected chi connectivity index (χ4v) is 3.18. The summed E-state index contributed by atoms with van der Waals surface area (Å²) in [5.74, 6) is -0.356. The van der Waals surface area contributed by atoms with Crippen molar-refractivity contribution in [2.24, 2.45) is 0 Å². The van der Waals surface area contributed by atoms with Gasteiger partial charge in [-0.15, -0.1) is 0 Å². The third-order valence-electron chi connectivity index (χ3n) is 5.03. The van der Waals surface area contributed by atoms with E-state index in [0.29, 0.717) is 22.5 Å². The summed E-state index contributed by atoms with van der Waals surface area (Å²) in [6, 6.07) is 20.6. The lowest BCUT2D eigenvalue weighted by Crippen LogP contribution is -2.15. The molecule has 0 unspecified atom stereocenters. The van der Waals surface area contributed by atoms with Crippen LogP contribution in [0.15, 0.2) is 66.7 Å². The molecule has 154 valence electrons. The van der Waals surface area contributed by atoms with E-state index in [1.54, 1.807) is 24.3 Å². The van der Waals surface area contributed by atoms with Crippen LogP contribution in [-0.2, 0) is 5.41 Å². The minimum atomic E-state index is -0.187. The van der Waals surface area contributed by atoms with Crippen LogP contribution in [0.4, 0.5) is 11.4 Å². The van der Waals surface area contributed by atoms with Gasteiger partial charge in [-0.2, -0.15) is 0 Å². The molecule has 0 aromatic heterocycles. The molecular formula is C26H28N2O2. The first-order valence-electron chi connectivity index (χ1n) is 10.0. The van der Waals surface area contributed by atoms with Crippen molar-refractivity contribution in [1.29, 1.82) is 0 Å². The van der Waals surface area contributed by atoms with Crippen LogP contribution < -0.4 is 10.6 Å². The summed E-state index contributed by atoms with van der Waals surface area (Å²) < 4.78 is 0. The first-order valence-corrected chi connectivity index (χ1v) is 10.0. The number of anilines is 2. The van der Waals surface area contributed by atoms with E-state index in [0.717, 1.165) is 11.1 Å². The average Bonchev–Trinajstić information content (AvgIpc) is 2.69. The molecule has 3 aromatic rings. The second-order valence-electron chi connectivity index (χ2n) is 8.63. The third-order valence-corrected chi connectivity index (χ3v) is 5.03. The minimum Gasteiger partial charge on any atom is -0.322 e. The second-order valence-corrected chi connectivity index (χ2v) is 8.63. The van der Waals surface area contributed by atoms with Gasteiger partial charge < -0.3 is 10.6 Å². The normalized spacial score (nSPS) is 11.1. The highest BCUT2D eigenvalue weighted by Crippen LogP contribution is 2.23. The van der Waals surface area contributed by atoms with Crippen LogP contribution in [0, 0.1) is 13.8 Å². The Hall–Kier alpha value is -3.40. The zero-order valence-electron chi connectivity index (χ0n) is 18.2. The van der Waals surface area contributed by atoms with Gasteiger partial charge in [0, 0.05) is 22.5 Å². The lowest BCUT2D eigenvalue weighted by Gasteiger charge is -2.19. The summed E-state index contributed by atoms with van der Waals surface area (Å²) in [6.07, 6.45) is 0. The van der Waals surface area contributed by atoms with Crippen molar-refractivity contribution in [3.63, 3.8) is 0 Å². The van der Waals surface area contributed by atoms with E-state index in [-0.39, 0.29) is 17.2 Å². The number of rotatable bonds is 4. The molecule has 3 rings (SSSR count). The molecule has 30 heavy (non-hydrogen) atoms. The molecule has 0 spiro atoms. The second kappa shape index (κ2) is 8.54. The van der Waals surface area contributed by atoms with Gasteiger partial charge in [0.05, 0.1) is 0 Å². The van der Waals surface area contributed by atoms with Crippen molar-refractivity contribution >= 4 is 23.2 Å². The van der Waals surface area contributed by atoms with E-state index in [1.807, 2.05) is 56.3 Å². The molecule has 3 aromatic carbocycles. The fraction of sp³-hybridized carbons (Fsp3) is 0.231. The maximum absolute atomic E-state index is 12.7. The monoisotopic (exact) mass is 400 g/mol. The van der Waals surface area contributed by atoms with Crippen molar-refractivity contribution in [3.8, 4) is 0 Å². The van der Waals surface area contributed by atoms with Crippen molar-refractivity contribution in [2.45, 2.75) is 40.0 Å². The van der Waals surface area contributed by atoms with E-state index in [9.17, 15) is 9.59 Å². The quantitative estimate of drug-likeness (QED) is 0.555. The fourth-order valence-electron chi connectivity index (χ4n) is 3.18. The number of hydrogen-bond acceptors (Lipinski definition) is 2. The summed E-state index contributed by atoms with van der Waals surface area (Å²) >= 11 is 0. The third kappa shape index (κ3) is 5.15. The Kier molecular flexibility index (Phi) is 6.06. The lowest BCUT2D eigenvalue weighted by molar-refractivity contribution is 0.101. The van der Waals surface area contributed by atoms with Gasteiger partial charge in [0.2, 0.25) is 0 Å². The van der Waals surface area contributed by atoms with Crippen LogP contribution in [0.3, 0.4) is 0 Å². The highest BCUT2D eigenvalue weighted by atomic mass is 16.2. The molecule has 0 heterocycles. The number of carbonyl (C=O) groups is 2. The number of hydrogen-bond donors (Lipinski definition) is 2. The van der Waals surface area contributed by atoms with Crippen LogP contribution in [-0.4, -0.2) is 11.8 Å². The molecule has 0 fully saturated rings. The Morgan fingerprint density at radius 1 is 0.733 bits per heavy atom. The van der Waals surface area contributed by atoms with Gasteiger partial charge in [-0.05, 0) is 66.8 Å². The maximum atomic E-state index is 12.7. The van der Waals surface area contributed by atoms with Gasteiger partial charge >= 0.3 is 0 Å². The van der Waals surface area contributed by atoms with Crippen LogP contribution >= 0.6 is 0 Å². The summed E-state index contributed by atoms with van der Waals surface area (Å²) in [5, 5.41) is 5.81. The smallest absolute Gasteiger partial charge is 0.255 e. The molecule has 0 atom stereocenters. The largest absolute Gasteiger partial charge is 0.322 e. The van der Waals surface area contributed by atoms with Crippen LogP contribution in [0.5, 0.6) is 0 Å². The number of nitrogens with one attached hydrogen (secondary N) is 2. The molecule has 0 saturated carbocycles. The molecule has 0 aliphatic heterocycles. The Morgan fingerprint density at radius 3 is 1.93 bits per heavy atom. The summed E-state index contributed by atoms with van der Waals surface area (Å²) in [5.41, 5.74) is 5.65. The molecular weight excluding hydrogens is 372 g/mol. The number of amides is 2. The van der Waals surface area contributed by atoms with E-state index in [2.05, 4.69) is 31.4 Å². The van der Waals surface area contributed by atoms with Crippen molar-refractivity contribution in [3.05, 3.63) is 94.5 Å². The van der Waals surface area contributed by atoms with Crippen molar-refractivity contribution in [2.75, 3.05) is 10.6 Å². The first kappa shape index (κ1) is 21.3. The van der Waals surface area contributed by atoms with Gasteiger partial charge in [0.15, 0.2) is 0 Å². The molecule has 0 radical (unpaired) electrons. The molecule has 2 N–H and O–H groups in total. The van der Waals surface area contributed by atoms with E-state index in [4.69, 9.17) is 0 Å². The topological polar surface area (TPSA) is 58.2 Å². The molecule has 4 heteroatoms. The molecule has 4 nitrogen and oxygen atoms in total. The molecule has 0 aliphatic carbocycles. The minimum absolute atomic E-state index is 0.0389. The van der Waals surface area contributed by atoms with E-state index < -0.39 is 0 Å². The summed E-state index contributed by atoms with van der Waals surface area (Å²) in [7, 11) is 0. The first-order chi connectivity index (χ1) is 14.1. The van der Waals surface area contributed by atoms with Crippen molar-refractivity contribution in [1.82, 2.24) is 0 Å². The highest BCUT2D eigenvalue weighted by molar-refractivity contribution is 6.07.